The molecule has 1 aliphatic rings. The smallest absolute Gasteiger partial charge is 0.177 e. The molecule has 0 aliphatic carbocycles. The van der Waals surface area contributed by atoms with Gasteiger partial charge < -0.3 is 0 Å². The Kier molecular flexibility index (Phi) is 4.19. The fourth-order valence-electron chi connectivity index (χ4n) is 2.66. The van der Waals surface area contributed by atoms with Crippen LogP contribution in [0.4, 0.5) is 0 Å². The Morgan fingerprint density at radius 2 is 1.00 bits per heavy atom. The highest BCUT2D eigenvalue weighted by molar-refractivity contribution is 6.06. The molecule has 0 radical (unpaired) electrons. The highest BCUT2D eigenvalue weighted by atomic mass is 15.7. The van der Waals surface area contributed by atoms with Crippen molar-refractivity contribution in [3.63, 3.8) is 0 Å². The highest BCUT2D eigenvalue weighted by Gasteiger charge is 2.26. The maximum atomic E-state index is 4.50. The molecule has 1 aliphatic heterocycles. The molecule has 4 heteroatoms. The van der Waals surface area contributed by atoms with Crippen LogP contribution < -0.4 is 0 Å². The quantitative estimate of drug-likeness (QED) is 0.865. The molecule has 0 unspecified atom stereocenters. The van der Waals surface area contributed by atoms with Gasteiger partial charge in [0.2, 0.25) is 0 Å². The zero-order valence-corrected chi connectivity index (χ0v) is 13.0. The van der Waals surface area contributed by atoms with Crippen molar-refractivity contribution in [1.82, 2.24) is 10.0 Å². The first-order chi connectivity index (χ1) is 10.8. The molecule has 0 N–H and O–H groups in total. The lowest BCUT2D eigenvalue weighted by molar-refractivity contribution is 0.141. The fourth-order valence-corrected chi connectivity index (χ4v) is 2.66. The van der Waals surface area contributed by atoms with Gasteiger partial charge in [-0.15, -0.1) is 10.2 Å². The van der Waals surface area contributed by atoms with Crippen molar-refractivity contribution in [2.75, 3.05) is 13.1 Å². The second kappa shape index (κ2) is 6.43. The van der Waals surface area contributed by atoms with E-state index in [1.54, 1.807) is 0 Å². The Morgan fingerprint density at radius 1 is 0.636 bits per heavy atom. The summed E-state index contributed by atoms with van der Waals surface area (Å²) in [5.41, 5.74) is 2.16. The minimum Gasteiger partial charge on any atom is -0.265 e. The molecule has 22 heavy (non-hydrogen) atoms. The van der Waals surface area contributed by atoms with Gasteiger partial charge in [-0.05, 0) is 13.8 Å². The second-order valence-electron chi connectivity index (χ2n) is 5.01. The normalized spacial score (nSPS) is 14.6. The van der Waals surface area contributed by atoms with Crippen molar-refractivity contribution in [3.8, 4) is 0 Å². The molecule has 2 aromatic rings. The first kappa shape index (κ1) is 14.3. The van der Waals surface area contributed by atoms with Gasteiger partial charge in [0.25, 0.3) is 0 Å². The Hall–Kier alpha value is -2.62. The summed E-state index contributed by atoms with van der Waals surface area (Å²) < 4.78 is 0. The van der Waals surface area contributed by atoms with Gasteiger partial charge in [-0.3, -0.25) is 10.0 Å². The summed E-state index contributed by atoms with van der Waals surface area (Å²) >= 11 is 0. The van der Waals surface area contributed by atoms with Gasteiger partial charge in [0.15, 0.2) is 11.7 Å². The largest absolute Gasteiger partial charge is 0.265 e. The van der Waals surface area contributed by atoms with E-state index in [1.807, 2.05) is 36.4 Å². The second-order valence-corrected chi connectivity index (χ2v) is 5.01. The number of nitrogens with zero attached hydrogens (tertiary/aromatic N) is 4. The van der Waals surface area contributed by atoms with Crippen molar-refractivity contribution in [3.05, 3.63) is 71.8 Å². The Labute approximate surface area is 131 Å². The molecule has 0 atom stereocenters. The van der Waals surface area contributed by atoms with Gasteiger partial charge in [0, 0.05) is 24.2 Å². The van der Waals surface area contributed by atoms with Crippen molar-refractivity contribution < 1.29 is 0 Å². The van der Waals surface area contributed by atoms with Crippen LogP contribution in [0.2, 0.25) is 0 Å². The van der Waals surface area contributed by atoms with E-state index in [9.17, 15) is 0 Å². The van der Waals surface area contributed by atoms with Crippen molar-refractivity contribution in [2.45, 2.75) is 13.8 Å². The van der Waals surface area contributed by atoms with Gasteiger partial charge >= 0.3 is 0 Å². The third-order valence-electron chi connectivity index (χ3n) is 3.68. The summed E-state index contributed by atoms with van der Waals surface area (Å²) in [6, 6.07) is 20.4. The van der Waals surface area contributed by atoms with E-state index in [-0.39, 0.29) is 0 Å². The zero-order chi connectivity index (χ0) is 15.4. The number of hydrogen-bond acceptors (Lipinski definition) is 4. The van der Waals surface area contributed by atoms with E-state index in [4.69, 9.17) is 0 Å². The molecular formula is C18H20N4. The van der Waals surface area contributed by atoms with Crippen molar-refractivity contribution in [2.24, 2.45) is 10.2 Å². The number of amidine groups is 2. The SMILES string of the molecule is CCN1C(c2ccccc2)=NN=C(c2ccccc2)N1CC. The van der Waals surface area contributed by atoms with E-state index in [0.29, 0.717) is 0 Å². The maximum absolute atomic E-state index is 4.50. The molecule has 0 aromatic heterocycles. The third kappa shape index (κ3) is 2.60. The molecule has 0 spiro atoms. The first-order valence-electron chi connectivity index (χ1n) is 7.66. The number of rotatable bonds is 4. The lowest BCUT2D eigenvalue weighted by Crippen LogP contribution is -2.52. The Bertz CT molecular complexity index is 615. The minimum atomic E-state index is 0.841. The monoisotopic (exact) mass is 292 g/mol. The molecule has 0 amide bonds. The standard InChI is InChI=1S/C18H20N4/c1-3-21-17(15-11-7-5-8-12-15)19-20-18(22(21)4-2)16-13-9-6-10-14-16/h5-14H,3-4H2,1-2H3. The third-order valence-corrected chi connectivity index (χ3v) is 3.68. The number of hydrazine groups is 1. The summed E-state index contributed by atoms with van der Waals surface area (Å²) in [5.74, 6) is 1.79. The average molecular weight is 292 g/mol. The minimum absolute atomic E-state index is 0.841. The zero-order valence-electron chi connectivity index (χ0n) is 13.0. The Morgan fingerprint density at radius 3 is 1.32 bits per heavy atom. The van der Waals surface area contributed by atoms with Crippen LogP contribution in [0.25, 0.3) is 0 Å². The molecule has 3 rings (SSSR count). The topological polar surface area (TPSA) is 31.2 Å². The van der Waals surface area contributed by atoms with Gasteiger partial charge in [0.1, 0.15) is 0 Å². The van der Waals surface area contributed by atoms with Crippen LogP contribution in [0, 0.1) is 0 Å². The van der Waals surface area contributed by atoms with Crippen LogP contribution >= 0.6 is 0 Å². The predicted octanol–water partition coefficient (Wildman–Crippen LogP) is 3.37. The molecule has 112 valence electrons. The molecule has 0 saturated carbocycles. The molecule has 0 saturated heterocycles. The maximum Gasteiger partial charge on any atom is 0.177 e. The predicted molar refractivity (Wildman–Crippen MR) is 90.7 cm³/mol. The van der Waals surface area contributed by atoms with Crippen molar-refractivity contribution >= 4 is 11.7 Å². The Balaban J connectivity index is 2.06. The number of hydrogen-bond donors (Lipinski definition) is 0. The summed E-state index contributed by atoms with van der Waals surface area (Å²) in [5, 5.41) is 13.4. The molecule has 4 nitrogen and oxygen atoms in total. The van der Waals surface area contributed by atoms with Gasteiger partial charge in [-0.1, -0.05) is 60.7 Å². The molecule has 0 fully saturated rings. The average Bonchev–Trinajstić information content (AvgIpc) is 2.61. The van der Waals surface area contributed by atoms with Crippen LogP contribution in [0.3, 0.4) is 0 Å². The number of benzene rings is 2. The highest BCUT2D eigenvalue weighted by Crippen LogP contribution is 2.18. The summed E-state index contributed by atoms with van der Waals surface area (Å²) in [6.07, 6.45) is 0. The van der Waals surface area contributed by atoms with Crippen LogP contribution in [-0.2, 0) is 0 Å². The van der Waals surface area contributed by atoms with Crippen LogP contribution in [-0.4, -0.2) is 34.8 Å². The summed E-state index contributed by atoms with van der Waals surface area (Å²) in [6.45, 7) is 5.95. The molecular weight excluding hydrogens is 272 g/mol. The van der Waals surface area contributed by atoms with E-state index in [2.05, 4.69) is 58.3 Å². The molecule has 0 bridgehead atoms. The summed E-state index contributed by atoms with van der Waals surface area (Å²) in [7, 11) is 0. The van der Waals surface area contributed by atoms with Gasteiger partial charge in [-0.25, -0.2) is 0 Å². The molecule has 1 heterocycles. The van der Waals surface area contributed by atoms with E-state index in [1.165, 1.54) is 0 Å². The van der Waals surface area contributed by atoms with Crippen LogP contribution in [0.1, 0.15) is 25.0 Å². The first-order valence-corrected chi connectivity index (χ1v) is 7.66. The van der Waals surface area contributed by atoms with Crippen LogP contribution in [0.15, 0.2) is 70.9 Å². The fraction of sp³-hybridized carbons (Fsp3) is 0.222. The van der Waals surface area contributed by atoms with E-state index in [0.717, 1.165) is 35.9 Å². The summed E-state index contributed by atoms with van der Waals surface area (Å²) in [4.78, 5) is 0. The van der Waals surface area contributed by atoms with Crippen molar-refractivity contribution in [1.29, 1.82) is 0 Å². The lowest BCUT2D eigenvalue weighted by Gasteiger charge is -2.39. The van der Waals surface area contributed by atoms with E-state index >= 15 is 0 Å². The molecule has 2 aromatic carbocycles. The van der Waals surface area contributed by atoms with Gasteiger partial charge in [0.05, 0.1) is 0 Å². The van der Waals surface area contributed by atoms with E-state index < -0.39 is 0 Å². The lowest BCUT2D eigenvalue weighted by atomic mass is 10.1. The van der Waals surface area contributed by atoms with Crippen LogP contribution in [0.5, 0.6) is 0 Å². The van der Waals surface area contributed by atoms with Gasteiger partial charge in [-0.2, -0.15) is 0 Å².